The highest BCUT2D eigenvalue weighted by molar-refractivity contribution is 5.35. The molecule has 0 saturated carbocycles. The number of nitrogens with zero attached hydrogens (tertiary/aromatic N) is 1. The summed E-state index contributed by atoms with van der Waals surface area (Å²) in [4.78, 5) is 2.47. The average Bonchev–Trinajstić information content (AvgIpc) is 2.89. The molecule has 22 heavy (non-hydrogen) atoms. The third kappa shape index (κ3) is 3.89. The highest BCUT2D eigenvalue weighted by Gasteiger charge is 2.39. The van der Waals surface area contributed by atoms with Crippen LogP contribution < -0.4 is 0 Å². The third-order valence-corrected chi connectivity index (χ3v) is 4.30. The zero-order chi connectivity index (χ0) is 15.4. The predicted molar refractivity (Wildman–Crippen MR) is 87.4 cm³/mol. The molecule has 2 aliphatic rings. The summed E-state index contributed by atoms with van der Waals surface area (Å²) in [5.74, 6) is 6.28. The quantitative estimate of drug-likeness (QED) is 0.784. The van der Waals surface area contributed by atoms with Gasteiger partial charge in [-0.2, -0.15) is 0 Å². The van der Waals surface area contributed by atoms with E-state index in [2.05, 4.69) is 28.9 Å². The van der Waals surface area contributed by atoms with Crippen LogP contribution in [0, 0.1) is 11.8 Å². The number of hydrogen-bond acceptors (Lipinski definition) is 3. The molecule has 2 aliphatic heterocycles. The summed E-state index contributed by atoms with van der Waals surface area (Å²) in [5.41, 5.74) is 1.06. The van der Waals surface area contributed by atoms with Gasteiger partial charge in [0.05, 0.1) is 6.61 Å². The highest BCUT2D eigenvalue weighted by Crippen LogP contribution is 2.27. The highest BCUT2D eigenvalue weighted by atomic mass is 16.7. The van der Waals surface area contributed by atoms with Gasteiger partial charge in [-0.25, -0.2) is 0 Å². The minimum atomic E-state index is -0.493. The average molecular weight is 299 g/mol. The van der Waals surface area contributed by atoms with Gasteiger partial charge in [0.25, 0.3) is 0 Å². The first-order chi connectivity index (χ1) is 10.6. The molecule has 0 radical (unpaired) electrons. The Hall–Kier alpha value is -1.34. The van der Waals surface area contributed by atoms with Crippen LogP contribution in [0.3, 0.4) is 0 Å². The number of rotatable bonds is 2. The second-order valence-electron chi connectivity index (χ2n) is 6.54. The van der Waals surface area contributed by atoms with Crippen LogP contribution in [0.2, 0.25) is 0 Å². The largest absolute Gasteiger partial charge is 0.348 e. The summed E-state index contributed by atoms with van der Waals surface area (Å²) >= 11 is 0. The molecule has 0 N–H and O–H groups in total. The van der Waals surface area contributed by atoms with E-state index in [0.717, 1.165) is 18.7 Å². The molecule has 1 unspecified atom stereocenters. The van der Waals surface area contributed by atoms with Crippen molar-refractivity contribution in [2.24, 2.45) is 0 Å². The van der Waals surface area contributed by atoms with Crippen molar-refractivity contribution < 1.29 is 9.47 Å². The molecule has 0 amide bonds. The van der Waals surface area contributed by atoms with E-state index in [-0.39, 0.29) is 12.1 Å². The molecular weight excluding hydrogens is 274 g/mol. The fourth-order valence-corrected chi connectivity index (χ4v) is 3.17. The fraction of sp³-hybridized carbons (Fsp3) is 0.579. The first kappa shape index (κ1) is 15.6. The van der Waals surface area contributed by atoms with Crippen molar-refractivity contribution in [2.75, 3.05) is 19.7 Å². The summed E-state index contributed by atoms with van der Waals surface area (Å²) in [6.07, 6.45) is 3.86. The Morgan fingerprint density at radius 2 is 1.86 bits per heavy atom. The third-order valence-electron chi connectivity index (χ3n) is 4.30. The van der Waals surface area contributed by atoms with E-state index in [1.54, 1.807) is 0 Å². The van der Waals surface area contributed by atoms with Gasteiger partial charge in [0.1, 0.15) is 12.1 Å². The molecule has 0 aromatic heterocycles. The first-order valence-electron chi connectivity index (χ1n) is 8.26. The Morgan fingerprint density at radius 1 is 1.14 bits per heavy atom. The predicted octanol–water partition coefficient (Wildman–Crippen LogP) is 3.04. The Labute approximate surface area is 133 Å². The summed E-state index contributed by atoms with van der Waals surface area (Å²) in [6.45, 7) is 6.79. The molecule has 118 valence electrons. The molecule has 3 heteroatoms. The molecule has 1 aromatic carbocycles. The van der Waals surface area contributed by atoms with Crippen LogP contribution in [0.5, 0.6) is 0 Å². The van der Waals surface area contributed by atoms with Gasteiger partial charge in [0.2, 0.25) is 0 Å². The fourth-order valence-electron chi connectivity index (χ4n) is 3.17. The maximum absolute atomic E-state index is 6.09. The minimum Gasteiger partial charge on any atom is -0.348 e. The standard InChI is InChI=1S/C19H25NO2/c1-19(2)21-15-18(22-19)17(20-13-7-4-8-14-20)12-11-16-9-5-3-6-10-16/h3,5-6,9-10,17-18H,4,7-8,13-15H2,1-2H3/t17?,18-/m0/s1. The van der Waals surface area contributed by atoms with Gasteiger partial charge in [-0.3, -0.25) is 4.90 Å². The first-order valence-corrected chi connectivity index (χ1v) is 8.26. The van der Waals surface area contributed by atoms with E-state index in [9.17, 15) is 0 Å². The monoisotopic (exact) mass is 299 g/mol. The Bertz CT molecular complexity index is 538. The van der Waals surface area contributed by atoms with Gasteiger partial charge in [0.15, 0.2) is 5.79 Å². The van der Waals surface area contributed by atoms with E-state index in [1.165, 1.54) is 19.3 Å². The summed E-state index contributed by atoms with van der Waals surface area (Å²) in [5, 5.41) is 0. The van der Waals surface area contributed by atoms with Crippen molar-refractivity contribution in [3.8, 4) is 11.8 Å². The van der Waals surface area contributed by atoms with E-state index in [0.29, 0.717) is 6.61 Å². The van der Waals surface area contributed by atoms with Crippen LogP contribution >= 0.6 is 0 Å². The van der Waals surface area contributed by atoms with Crippen molar-refractivity contribution in [1.82, 2.24) is 4.90 Å². The summed E-state index contributed by atoms with van der Waals surface area (Å²) in [6, 6.07) is 10.3. The van der Waals surface area contributed by atoms with Crippen LogP contribution in [0.4, 0.5) is 0 Å². The number of benzene rings is 1. The molecule has 0 spiro atoms. The van der Waals surface area contributed by atoms with E-state index in [4.69, 9.17) is 9.47 Å². The molecule has 2 atom stereocenters. The lowest BCUT2D eigenvalue weighted by molar-refractivity contribution is -0.143. The number of hydrogen-bond donors (Lipinski definition) is 0. The molecule has 3 nitrogen and oxygen atoms in total. The van der Waals surface area contributed by atoms with Crippen molar-refractivity contribution in [2.45, 2.75) is 51.0 Å². The molecule has 0 bridgehead atoms. The van der Waals surface area contributed by atoms with Crippen LogP contribution in [-0.2, 0) is 9.47 Å². The minimum absolute atomic E-state index is 0.0318. The van der Waals surface area contributed by atoms with Gasteiger partial charge >= 0.3 is 0 Å². The molecule has 2 saturated heterocycles. The van der Waals surface area contributed by atoms with Crippen molar-refractivity contribution in [3.05, 3.63) is 35.9 Å². The van der Waals surface area contributed by atoms with Crippen LogP contribution in [0.15, 0.2) is 30.3 Å². The molecule has 3 rings (SSSR count). The van der Waals surface area contributed by atoms with E-state index in [1.807, 2.05) is 32.0 Å². The van der Waals surface area contributed by atoms with Gasteiger partial charge < -0.3 is 9.47 Å². The lowest BCUT2D eigenvalue weighted by Gasteiger charge is -2.34. The van der Waals surface area contributed by atoms with E-state index < -0.39 is 5.79 Å². The number of piperidine rings is 1. The Morgan fingerprint density at radius 3 is 2.50 bits per heavy atom. The SMILES string of the molecule is CC1(C)OC[C@@H](C(C#Cc2ccccc2)N2CCCCC2)O1. The van der Waals surface area contributed by atoms with Gasteiger partial charge in [0, 0.05) is 5.56 Å². The smallest absolute Gasteiger partial charge is 0.163 e. The van der Waals surface area contributed by atoms with Crippen molar-refractivity contribution in [1.29, 1.82) is 0 Å². The Kier molecular flexibility index (Phi) is 4.83. The van der Waals surface area contributed by atoms with Crippen LogP contribution in [0.25, 0.3) is 0 Å². The van der Waals surface area contributed by atoms with Crippen molar-refractivity contribution in [3.63, 3.8) is 0 Å². The zero-order valence-electron chi connectivity index (χ0n) is 13.5. The lowest BCUT2D eigenvalue weighted by Crippen LogP contribution is -2.46. The number of likely N-dealkylation sites (tertiary alicyclic amines) is 1. The summed E-state index contributed by atoms with van der Waals surface area (Å²) < 4.78 is 11.8. The van der Waals surface area contributed by atoms with Gasteiger partial charge in [-0.1, -0.05) is 36.5 Å². The lowest BCUT2D eigenvalue weighted by atomic mass is 10.0. The maximum Gasteiger partial charge on any atom is 0.163 e. The van der Waals surface area contributed by atoms with E-state index >= 15 is 0 Å². The topological polar surface area (TPSA) is 21.7 Å². The molecular formula is C19H25NO2. The molecule has 2 heterocycles. The maximum atomic E-state index is 6.09. The number of ether oxygens (including phenoxy) is 2. The molecule has 1 aromatic rings. The van der Waals surface area contributed by atoms with Crippen LogP contribution in [-0.4, -0.2) is 42.5 Å². The second-order valence-corrected chi connectivity index (χ2v) is 6.54. The van der Waals surface area contributed by atoms with Crippen LogP contribution in [0.1, 0.15) is 38.7 Å². The van der Waals surface area contributed by atoms with Gasteiger partial charge in [-0.05, 0) is 51.9 Å². The summed E-state index contributed by atoms with van der Waals surface area (Å²) in [7, 11) is 0. The molecule has 0 aliphatic carbocycles. The second kappa shape index (κ2) is 6.83. The normalized spacial score (nSPS) is 26.2. The van der Waals surface area contributed by atoms with Crippen molar-refractivity contribution >= 4 is 0 Å². The Balaban J connectivity index is 1.79. The zero-order valence-corrected chi connectivity index (χ0v) is 13.5. The van der Waals surface area contributed by atoms with Gasteiger partial charge in [-0.15, -0.1) is 0 Å². The molecule has 2 fully saturated rings.